The lowest BCUT2D eigenvalue weighted by Crippen LogP contribution is -2.31. The molecule has 0 fully saturated rings. The first kappa shape index (κ1) is 20.3. The molecule has 3 aromatic rings. The molecule has 3 heterocycles. The molecule has 0 radical (unpaired) electrons. The number of rotatable bonds is 8. The van der Waals surface area contributed by atoms with Crippen molar-refractivity contribution in [2.75, 3.05) is 11.1 Å². The van der Waals surface area contributed by atoms with Crippen molar-refractivity contribution in [3.05, 3.63) is 30.0 Å². The minimum absolute atomic E-state index is 0.0599. The van der Waals surface area contributed by atoms with Crippen LogP contribution in [0.3, 0.4) is 0 Å². The van der Waals surface area contributed by atoms with Gasteiger partial charge in [0.2, 0.25) is 0 Å². The molecule has 2 atom stereocenters. The van der Waals surface area contributed by atoms with Gasteiger partial charge < -0.3 is 10.1 Å². The number of thioether (sulfide) groups is 1. The lowest BCUT2D eigenvalue weighted by Gasteiger charge is -2.16. The molecule has 0 saturated carbocycles. The molecule has 0 spiro atoms. The zero-order valence-corrected chi connectivity index (χ0v) is 17.4. The van der Waals surface area contributed by atoms with Crippen molar-refractivity contribution in [3.63, 3.8) is 0 Å². The van der Waals surface area contributed by atoms with Crippen LogP contribution in [0, 0.1) is 0 Å². The number of carbonyl (C=O) groups excluding carboxylic acids is 2. The van der Waals surface area contributed by atoms with Crippen molar-refractivity contribution in [1.82, 2.24) is 19.7 Å². The molecule has 28 heavy (non-hydrogen) atoms. The van der Waals surface area contributed by atoms with Crippen LogP contribution in [0.25, 0.3) is 10.2 Å². The number of aromatic nitrogens is 4. The molecule has 148 valence electrons. The highest BCUT2D eigenvalue weighted by Crippen LogP contribution is 2.27. The van der Waals surface area contributed by atoms with E-state index < -0.39 is 18.0 Å². The lowest BCUT2D eigenvalue weighted by atomic mass is 10.3. The maximum Gasteiger partial charge on any atom is 0.317 e. The normalized spacial score (nSPS) is 13.2. The van der Waals surface area contributed by atoms with Crippen molar-refractivity contribution in [2.24, 2.45) is 0 Å². The number of nitrogens with one attached hydrogen (secondary N) is 1. The first-order chi connectivity index (χ1) is 13.5. The van der Waals surface area contributed by atoms with Crippen molar-refractivity contribution in [1.29, 1.82) is 0 Å². The number of thiophene rings is 1. The minimum Gasteiger partial charge on any atom is -0.452 e. The van der Waals surface area contributed by atoms with Crippen LogP contribution >= 0.6 is 23.1 Å². The predicted molar refractivity (Wildman–Crippen MR) is 110 cm³/mol. The topological polar surface area (TPSA) is 99.0 Å². The standard InChI is InChI=1S/C18H21N5O3S2/c1-4-11(2)23-14(5-7-21-23)22-16(25)12(3)26-15(24)9-28-18-13-6-8-27-17(13)19-10-20-18/h5-8,10-12H,4,9H2,1-3H3,(H,22,25)/t11-,12+/m0/s1. The summed E-state index contributed by atoms with van der Waals surface area (Å²) in [5, 5.41) is 10.5. The Morgan fingerprint density at radius 1 is 1.32 bits per heavy atom. The summed E-state index contributed by atoms with van der Waals surface area (Å²) in [5.74, 6) is -0.238. The molecule has 1 N–H and O–H groups in total. The number of amides is 1. The van der Waals surface area contributed by atoms with E-state index >= 15 is 0 Å². The Morgan fingerprint density at radius 2 is 2.14 bits per heavy atom. The van der Waals surface area contributed by atoms with E-state index in [2.05, 4.69) is 20.4 Å². The molecule has 0 aliphatic heterocycles. The Labute approximate surface area is 170 Å². The van der Waals surface area contributed by atoms with Crippen molar-refractivity contribution >= 4 is 51.0 Å². The molecule has 3 aromatic heterocycles. The Hall–Kier alpha value is -2.46. The summed E-state index contributed by atoms with van der Waals surface area (Å²) >= 11 is 2.78. The number of fused-ring (bicyclic) bond motifs is 1. The summed E-state index contributed by atoms with van der Waals surface area (Å²) in [6, 6.07) is 3.79. The monoisotopic (exact) mass is 419 g/mol. The van der Waals surface area contributed by atoms with Crippen LogP contribution in [-0.4, -0.2) is 43.5 Å². The number of carbonyl (C=O) groups is 2. The first-order valence-corrected chi connectivity index (χ1v) is 10.7. The molecule has 0 unspecified atom stereocenters. The molecule has 0 aromatic carbocycles. The van der Waals surface area contributed by atoms with Crippen LogP contribution < -0.4 is 5.32 Å². The Morgan fingerprint density at radius 3 is 2.93 bits per heavy atom. The number of esters is 1. The second-order valence-corrected chi connectivity index (χ2v) is 8.01. The van der Waals surface area contributed by atoms with Crippen molar-refractivity contribution < 1.29 is 14.3 Å². The van der Waals surface area contributed by atoms with E-state index in [4.69, 9.17) is 4.74 Å². The van der Waals surface area contributed by atoms with E-state index in [-0.39, 0.29) is 11.8 Å². The molecule has 1 amide bonds. The highest BCUT2D eigenvalue weighted by atomic mass is 32.2. The molecule has 0 bridgehead atoms. The van der Waals surface area contributed by atoms with Crippen LogP contribution in [-0.2, 0) is 14.3 Å². The van der Waals surface area contributed by atoms with Crippen LogP contribution in [0.2, 0.25) is 0 Å². The van der Waals surface area contributed by atoms with Gasteiger partial charge in [-0.25, -0.2) is 14.6 Å². The van der Waals surface area contributed by atoms with E-state index in [1.165, 1.54) is 29.4 Å². The average Bonchev–Trinajstić information content (AvgIpc) is 3.35. The summed E-state index contributed by atoms with van der Waals surface area (Å²) in [7, 11) is 0. The second-order valence-electron chi connectivity index (χ2n) is 6.15. The predicted octanol–water partition coefficient (Wildman–Crippen LogP) is 3.52. The Balaban J connectivity index is 1.53. The number of nitrogens with zero attached hydrogens (tertiary/aromatic N) is 4. The number of ether oxygens (including phenoxy) is 1. The van der Waals surface area contributed by atoms with Gasteiger partial charge in [0, 0.05) is 11.5 Å². The fraction of sp³-hybridized carbons (Fsp3) is 0.389. The van der Waals surface area contributed by atoms with Gasteiger partial charge in [0.25, 0.3) is 5.91 Å². The molecule has 0 aliphatic carbocycles. The molecule has 3 rings (SSSR count). The van der Waals surface area contributed by atoms with Crippen LogP contribution in [0.15, 0.2) is 35.1 Å². The Bertz CT molecular complexity index is 971. The zero-order chi connectivity index (χ0) is 20.1. The minimum atomic E-state index is -0.917. The fourth-order valence-electron chi connectivity index (χ4n) is 2.46. The highest BCUT2D eigenvalue weighted by Gasteiger charge is 2.20. The van der Waals surface area contributed by atoms with Gasteiger partial charge in [-0.1, -0.05) is 18.7 Å². The van der Waals surface area contributed by atoms with E-state index in [0.717, 1.165) is 21.7 Å². The maximum atomic E-state index is 12.4. The van der Waals surface area contributed by atoms with Gasteiger partial charge in [0.05, 0.1) is 18.0 Å². The smallest absolute Gasteiger partial charge is 0.317 e. The third-order valence-electron chi connectivity index (χ3n) is 4.16. The molecule has 0 aliphatic rings. The van der Waals surface area contributed by atoms with E-state index in [9.17, 15) is 9.59 Å². The number of hydrogen-bond donors (Lipinski definition) is 1. The maximum absolute atomic E-state index is 12.4. The average molecular weight is 420 g/mol. The van der Waals surface area contributed by atoms with Gasteiger partial charge in [-0.2, -0.15) is 5.10 Å². The van der Waals surface area contributed by atoms with E-state index in [1.54, 1.807) is 23.9 Å². The van der Waals surface area contributed by atoms with Gasteiger partial charge in [-0.05, 0) is 31.7 Å². The Kier molecular flexibility index (Phi) is 6.63. The summed E-state index contributed by atoms with van der Waals surface area (Å²) in [6.07, 6.45) is 3.07. The molecule has 8 nitrogen and oxygen atoms in total. The third-order valence-corrected chi connectivity index (χ3v) is 5.96. The second kappa shape index (κ2) is 9.16. The van der Waals surface area contributed by atoms with Crippen LogP contribution in [0.4, 0.5) is 5.82 Å². The van der Waals surface area contributed by atoms with Crippen LogP contribution in [0.5, 0.6) is 0 Å². The van der Waals surface area contributed by atoms with Crippen molar-refractivity contribution in [3.8, 4) is 0 Å². The van der Waals surface area contributed by atoms with Gasteiger partial charge in [0.15, 0.2) is 6.10 Å². The van der Waals surface area contributed by atoms with Gasteiger partial charge >= 0.3 is 5.97 Å². The summed E-state index contributed by atoms with van der Waals surface area (Å²) in [4.78, 5) is 33.8. The molecular weight excluding hydrogens is 398 g/mol. The number of anilines is 1. The van der Waals surface area contributed by atoms with Gasteiger partial charge in [-0.3, -0.25) is 9.59 Å². The molecular formula is C18H21N5O3S2. The molecule has 0 saturated heterocycles. The van der Waals surface area contributed by atoms with Crippen LogP contribution in [0.1, 0.15) is 33.2 Å². The van der Waals surface area contributed by atoms with Crippen molar-refractivity contribution in [2.45, 2.75) is 44.4 Å². The summed E-state index contributed by atoms with van der Waals surface area (Å²) in [5.41, 5.74) is 0. The van der Waals surface area contributed by atoms with E-state index in [0.29, 0.717) is 5.82 Å². The summed E-state index contributed by atoms with van der Waals surface area (Å²) < 4.78 is 7.00. The fourth-order valence-corrected chi connectivity index (χ4v) is 4.02. The highest BCUT2D eigenvalue weighted by molar-refractivity contribution is 8.00. The largest absolute Gasteiger partial charge is 0.452 e. The third kappa shape index (κ3) is 4.68. The lowest BCUT2D eigenvalue weighted by molar-refractivity contribution is -0.150. The zero-order valence-electron chi connectivity index (χ0n) is 15.8. The van der Waals surface area contributed by atoms with Gasteiger partial charge in [-0.15, -0.1) is 11.3 Å². The van der Waals surface area contributed by atoms with Gasteiger partial charge in [0.1, 0.15) is 22.0 Å². The first-order valence-electron chi connectivity index (χ1n) is 8.84. The molecule has 10 heteroatoms. The number of hydrogen-bond acceptors (Lipinski definition) is 8. The quantitative estimate of drug-likeness (QED) is 0.339. The van der Waals surface area contributed by atoms with E-state index in [1.807, 2.05) is 25.3 Å². The SMILES string of the molecule is CC[C@H](C)n1nccc1NC(=O)[C@@H](C)OC(=O)CSc1ncnc2sccc12. The summed E-state index contributed by atoms with van der Waals surface area (Å²) in [6.45, 7) is 5.60.